The zero-order valence-electron chi connectivity index (χ0n) is 12.1. The van der Waals surface area contributed by atoms with Gasteiger partial charge in [0.15, 0.2) is 5.43 Å². The maximum Gasteiger partial charge on any atom is 0.259 e. The molecule has 0 atom stereocenters. The minimum absolute atomic E-state index is 0.160. The molecule has 0 unspecified atom stereocenters. The van der Waals surface area contributed by atoms with Crippen molar-refractivity contribution < 1.29 is 9.53 Å². The highest BCUT2D eigenvalue weighted by atomic mass is 16.5. The largest absolute Gasteiger partial charge is 0.497 e. The zero-order chi connectivity index (χ0) is 15.2. The third-order valence-corrected chi connectivity index (χ3v) is 3.26. The van der Waals surface area contributed by atoms with Gasteiger partial charge in [-0.1, -0.05) is 12.1 Å². The second-order valence-electron chi connectivity index (χ2n) is 4.59. The molecular weight excluding hydrogens is 268 g/mol. The second kappa shape index (κ2) is 6.74. The smallest absolute Gasteiger partial charge is 0.259 e. The average Bonchev–Trinajstić information content (AvgIpc) is 2.53. The fourth-order valence-corrected chi connectivity index (χ4v) is 2.03. The van der Waals surface area contributed by atoms with E-state index in [0.29, 0.717) is 13.1 Å². The lowest BCUT2D eigenvalue weighted by Crippen LogP contribution is -2.33. The molecule has 5 nitrogen and oxygen atoms in total. The van der Waals surface area contributed by atoms with Crippen LogP contribution in [0, 0.1) is 0 Å². The zero-order valence-corrected chi connectivity index (χ0v) is 12.1. The van der Waals surface area contributed by atoms with Gasteiger partial charge < -0.3 is 14.6 Å². The van der Waals surface area contributed by atoms with Gasteiger partial charge in [0.2, 0.25) is 0 Å². The molecular formula is C16H18N2O3. The number of nitrogens with one attached hydrogen (secondary N) is 1. The predicted molar refractivity (Wildman–Crippen MR) is 80.5 cm³/mol. The Hall–Kier alpha value is -2.56. The van der Waals surface area contributed by atoms with Gasteiger partial charge in [-0.2, -0.15) is 0 Å². The van der Waals surface area contributed by atoms with E-state index in [-0.39, 0.29) is 16.9 Å². The third kappa shape index (κ3) is 3.51. The molecule has 2 rings (SSSR count). The van der Waals surface area contributed by atoms with Crippen LogP contribution in [0.3, 0.4) is 0 Å². The number of methoxy groups -OCH3 is 1. The number of aromatic nitrogens is 1. The first-order chi connectivity index (χ1) is 10.2. The highest BCUT2D eigenvalue weighted by Crippen LogP contribution is 2.13. The fourth-order valence-electron chi connectivity index (χ4n) is 2.03. The molecule has 1 amide bonds. The Kier molecular flexibility index (Phi) is 4.77. The van der Waals surface area contributed by atoms with Gasteiger partial charge in [0.25, 0.3) is 5.91 Å². The van der Waals surface area contributed by atoms with Crippen LogP contribution >= 0.6 is 0 Å². The lowest BCUT2D eigenvalue weighted by molar-refractivity contribution is 0.0751. The van der Waals surface area contributed by atoms with Crippen molar-refractivity contribution in [2.45, 2.75) is 13.5 Å². The molecule has 21 heavy (non-hydrogen) atoms. The average molecular weight is 286 g/mol. The van der Waals surface area contributed by atoms with Crippen LogP contribution < -0.4 is 10.2 Å². The summed E-state index contributed by atoms with van der Waals surface area (Å²) in [7, 11) is 1.61. The molecule has 0 aliphatic heterocycles. The fraction of sp³-hybridized carbons (Fsp3) is 0.250. The minimum Gasteiger partial charge on any atom is -0.497 e. The highest BCUT2D eigenvalue weighted by Gasteiger charge is 2.17. The van der Waals surface area contributed by atoms with Gasteiger partial charge in [-0.05, 0) is 24.6 Å². The summed E-state index contributed by atoms with van der Waals surface area (Å²) >= 11 is 0. The van der Waals surface area contributed by atoms with E-state index in [0.717, 1.165) is 11.3 Å². The van der Waals surface area contributed by atoms with Crippen LogP contribution in [0.5, 0.6) is 5.75 Å². The summed E-state index contributed by atoms with van der Waals surface area (Å²) < 4.78 is 5.11. The van der Waals surface area contributed by atoms with Crippen molar-refractivity contribution in [3.63, 3.8) is 0 Å². The van der Waals surface area contributed by atoms with E-state index in [1.54, 1.807) is 12.0 Å². The van der Waals surface area contributed by atoms with Crippen LogP contribution in [0.4, 0.5) is 0 Å². The highest BCUT2D eigenvalue weighted by molar-refractivity contribution is 5.93. The summed E-state index contributed by atoms with van der Waals surface area (Å²) in [6.45, 7) is 2.87. The number of benzene rings is 1. The first-order valence-corrected chi connectivity index (χ1v) is 6.75. The van der Waals surface area contributed by atoms with Gasteiger partial charge >= 0.3 is 0 Å². The van der Waals surface area contributed by atoms with Crippen LogP contribution in [0.1, 0.15) is 22.8 Å². The molecule has 1 aromatic carbocycles. The summed E-state index contributed by atoms with van der Waals surface area (Å²) in [5.41, 5.74) is 0.873. The Morgan fingerprint density at radius 3 is 2.52 bits per heavy atom. The van der Waals surface area contributed by atoms with Crippen molar-refractivity contribution in [2.24, 2.45) is 0 Å². The Bertz CT molecular complexity index is 662. The van der Waals surface area contributed by atoms with Crippen molar-refractivity contribution in [1.29, 1.82) is 0 Å². The molecule has 0 aliphatic rings. The number of nitrogens with zero attached hydrogens (tertiary/aromatic N) is 1. The molecule has 2 aromatic rings. The first-order valence-electron chi connectivity index (χ1n) is 6.75. The van der Waals surface area contributed by atoms with Gasteiger partial charge in [0.1, 0.15) is 11.3 Å². The van der Waals surface area contributed by atoms with Crippen LogP contribution in [0.25, 0.3) is 0 Å². The summed E-state index contributed by atoms with van der Waals surface area (Å²) in [6.07, 6.45) is 2.96. The van der Waals surface area contributed by atoms with E-state index in [1.807, 2.05) is 31.2 Å². The molecule has 1 heterocycles. The number of rotatable bonds is 5. The molecule has 0 saturated heterocycles. The van der Waals surface area contributed by atoms with Crippen LogP contribution in [-0.4, -0.2) is 29.4 Å². The van der Waals surface area contributed by atoms with E-state index < -0.39 is 0 Å². The van der Waals surface area contributed by atoms with Crippen molar-refractivity contribution in [3.05, 3.63) is 64.1 Å². The maximum atomic E-state index is 12.4. The van der Waals surface area contributed by atoms with E-state index >= 15 is 0 Å². The summed E-state index contributed by atoms with van der Waals surface area (Å²) in [5, 5.41) is 0. The number of carbonyl (C=O) groups is 1. The lowest BCUT2D eigenvalue weighted by atomic mass is 10.1. The number of aromatic amines is 1. The lowest BCUT2D eigenvalue weighted by Gasteiger charge is -2.20. The van der Waals surface area contributed by atoms with Gasteiger partial charge in [-0.25, -0.2) is 0 Å². The number of ether oxygens (including phenoxy) is 1. The van der Waals surface area contributed by atoms with Gasteiger partial charge in [0.05, 0.1) is 7.11 Å². The summed E-state index contributed by atoms with van der Waals surface area (Å²) in [4.78, 5) is 28.5. The van der Waals surface area contributed by atoms with Gasteiger partial charge in [-0.3, -0.25) is 9.59 Å². The number of H-pyrrole nitrogens is 1. The van der Waals surface area contributed by atoms with E-state index in [2.05, 4.69) is 4.98 Å². The molecule has 0 bridgehead atoms. The standard InChI is InChI=1S/C16H18N2O3/c1-3-18(11-12-4-6-13(21-2)7-5-12)16(20)14-10-17-9-8-15(14)19/h4-10H,3,11H2,1-2H3,(H,17,19). The monoisotopic (exact) mass is 286 g/mol. The van der Waals surface area contributed by atoms with E-state index in [9.17, 15) is 9.59 Å². The molecule has 0 aliphatic carbocycles. The molecule has 5 heteroatoms. The Morgan fingerprint density at radius 2 is 1.95 bits per heavy atom. The molecule has 0 fully saturated rings. The first kappa shape index (κ1) is 14.8. The molecule has 110 valence electrons. The maximum absolute atomic E-state index is 12.4. The Morgan fingerprint density at radius 1 is 1.24 bits per heavy atom. The van der Waals surface area contributed by atoms with Gasteiger partial charge in [-0.15, -0.1) is 0 Å². The molecule has 1 aromatic heterocycles. The normalized spacial score (nSPS) is 10.2. The van der Waals surface area contributed by atoms with Crippen molar-refractivity contribution in [1.82, 2.24) is 9.88 Å². The Labute approximate surface area is 123 Å². The van der Waals surface area contributed by atoms with Crippen molar-refractivity contribution in [3.8, 4) is 5.75 Å². The van der Waals surface area contributed by atoms with Crippen LogP contribution in [-0.2, 0) is 6.54 Å². The number of carbonyl (C=O) groups excluding carboxylic acids is 1. The number of amides is 1. The predicted octanol–water partition coefficient (Wildman–Crippen LogP) is 2.05. The van der Waals surface area contributed by atoms with E-state index in [1.165, 1.54) is 18.5 Å². The number of pyridine rings is 1. The van der Waals surface area contributed by atoms with Crippen molar-refractivity contribution >= 4 is 5.91 Å². The molecule has 0 radical (unpaired) electrons. The number of hydrogen-bond donors (Lipinski definition) is 1. The minimum atomic E-state index is -0.271. The van der Waals surface area contributed by atoms with Gasteiger partial charge in [0, 0.05) is 31.5 Å². The second-order valence-corrected chi connectivity index (χ2v) is 4.59. The quantitative estimate of drug-likeness (QED) is 0.915. The SMILES string of the molecule is CCN(Cc1ccc(OC)cc1)C(=O)c1c[nH]ccc1=O. The summed E-state index contributed by atoms with van der Waals surface area (Å²) in [6, 6.07) is 8.87. The molecule has 1 N–H and O–H groups in total. The molecule has 0 spiro atoms. The summed E-state index contributed by atoms with van der Waals surface area (Å²) in [5.74, 6) is 0.503. The van der Waals surface area contributed by atoms with E-state index in [4.69, 9.17) is 4.74 Å². The van der Waals surface area contributed by atoms with Crippen LogP contribution in [0.2, 0.25) is 0 Å². The molecule has 0 saturated carbocycles. The Balaban J connectivity index is 2.17. The number of hydrogen-bond acceptors (Lipinski definition) is 3. The third-order valence-electron chi connectivity index (χ3n) is 3.26. The van der Waals surface area contributed by atoms with Crippen molar-refractivity contribution in [2.75, 3.05) is 13.7 Å². The topological polar surface area (TPSA) is 62.4 Å². The van der Waals surface area contributed by atoms with Crippen LogP contribution in [0.15, 0.2) is 47.5 Å².